The normalized spacial score (nSPS) is 11.4. The van der Waals surface area contributed by atoms with E-state index in [0.29, 0.717) is 0 Å². The molecule has 12 heavy (non-hydrogen) atoms. The Morgan fingerprint density at radius 3 is 2.67 bits per heavy atom. The summed E-state index contributed by atoms with van der Waals surface area (Å²) in [6, 6.07) is 7.90. The lowest BCUT2D eigenvalue weighted by molar-refractivity contribution is 0.213. The van der Waals surface area contributed by atoms with Gasteiger partial charge in [0.05, 0.1) is 5.71 Å². The van der Waals surface area contributed by atoms with E-state index in [2.05, 4.69) is 25.9 Å². The molecule has 0 saturated heterocycles. The predicted molar refractivity (Wildman–Crippen MR) is 53.4 cm³/mol. The molecule has 0 N–H and O–H groups in total. The Labute approximate surface area is 80.4 Å². The molecule has 0 amide bonds. The molecule has 3 heteroatoms. The highest BCUT2D eigenvalue weighted by Crippen LogP contribution is 2.16. The van der Waals surface area contributed by atoms with E-state index in [1.807, 2.05) is 31.2 Å². The number of benzene rings is 1. The van der Waals surface area contributed by atoms with Crippen molar-refractivity contribution in [3.63, 3.8) is 0 Å². The lowest BCUT2D eigenvalue weighted by Crippen LogP contribution is -1.95. The molecule has 0 heterocycles. The lowest BCUT2D eigenvalue weighted by atomic mass is 10.1. The van der Waals surface area contributed by atoms with E-state index in [1.54, 1.807) is 7.11 Å². The van der Waals surface area contributed by atoms with Crippen LogP contribution in [-0.2, 0) is 4.84 Å². The summed E-state index contributed by atoms with van der Waals surface area (Å²) in [6.07, 6.45) is 0. The molecule has 0 fully saturated rings. The molecule has 0 spiro atoms. The first-order chi connectivity index (χ1) is 5.75. The molecule has 0 bridgehead atoms. The number of halogens is 1. The molecule has 0 aliphatic heterocycles. The van der Waals surface area contributed by atoms with Crippen molar-refractivity contribution in [2.24, 2.45) is 5.16 Å². The van der Waals surface area contributed by atoms with Gasteiger partial charge in [-0.15, -0.1) is 0 Å². The Bertz CT molecular complexity index is 296. The molecule has 64 valence electrons. The minimum atomic E-state index is 0.866. The molecule has 0 aromatic heterocycles. The fourth-order valence-electron chi connectivity index (χ4n) is 0.941. The second-order valence-electron chi connectivity index (χ2n) is 2.34. The minimum Gasteiger partial charge on any atom is -0.399 e. The predicted octanol–water partition coefficient (Wildman–Crippen LogP) is 2.82. The smallest absolute Gasteiger partial charge is 0.106 e. The summed E-state index contributed by atoms with van der Waals surface area (Å²) in [7, 11) is 1.54. The summed E-state index contributed by atoms with van der Waals surface area (Å²) >= 11 is 3.43. The van der Waals surface area contributed by atoms with Crippen molar-refractivity contribution in [2.75, 3.05) is 7.11 Å². The van der Waals surface area contributed by atoms with Crippen molar-refractivity contribution in [1.82, 2.24) is 0 Å². The maximum absolute atomic E-state index is 4.68. The van der Waals surface area contributed by atoms with Gasteiger partial charge in [0.15, 0.2) is 0 Å². The standard InChI is InChI=1S/C9H10BrNO/c1-7(11-12-2)8-5-3-4-6-9(8)10/h3-6H,1-2H3. The highest BCUT2D eigenvalue weighted by atomic mass is 79.9. The molecule has 1 aromatic carbocycles. The quantitative estimate of drug-likeness (QED) is 0.563. The van der Waals surface area contributed by atoms with Gasteiger partial charge in [-0.1, -0.05) is 39.3 Å². The fraction of sp³-hybridized carbons (Fsp3) is 0.222. The highest BCUT2D eigenvalue weighted by Gasteiger charge is 2.01. The molecule has 0 aliphatic rings. The first kappa shape index (κ1) is 9.26. The summed E-state index contributed by atoms with van der Waals surface area (Å²) in [6.45, 7) is 1.91. The van der Waals surface area contributed by atoms with Crippen molar-refractivity contribution in [2.45, 2.75) is 6.92 Å². The van der Waals surface area contributed by atoms with E-state index in [9.17, 15) is 0 Å². The summed E-state index contributed by atoms with van der Waals surface area (Å²) in [5, 5.41) is 3.84. The van der Waals surface area contributed by atoms with Gasteiger partial charge in [-0.3, -0.25) is 0 Å². The fourth-order valence-corrected chi connectivity index (χ4v) is 1.51. The number of nitrogens with zero attached hydrogens (tertiary/aromatic N) is 1. The van der Waals surface area contributed by atoms with Crippen molar-refractivity contribution >= 4 is 21.6 Å². The van der Waals surface area contributed by atoms with Crippen LogP contribution in [0.3, 0.4) is 0 Å². The Morgan fingerprint density at radius 2 is 2.08 bits per heavy atom. The molecular formula is C9H10BrNO. The first-order valence-electron chi connectivity index (χ1n) is 3.58. The zero-order valence-electron chi connectivity index (χ0n) is 7.04. The zero-order chi connectivity index (χ0) is 8.97. The molecule has 0 aliphatic carbocycles. The maximum atomic E-state index is 4.68. The molecule has 0 radical (unpaired) electrons. The van der Waals surface area contributed by atoms with Crippen molar-refractivity contribution in [3.8, 4) is 0 Å². The van der Waals surface area contributed by atoms with E-state index in [0.717, 1.165) is 15.7 Å². The third-order valence-electron chi connectivity index (χ3n) is 1.49. The number of oxime groups is 1. The second kappa shape index (κ2) is 4.26. The van der Waals surface area contributed by atoms with Crippen molar-refractivity contribution in [1.29, 1.82) is 0 Å². The molecule has 0 saturated carbocycles. The first-order valence-corrected chi connectivity index (χ1v) is 4.37. The van der Waals surface area contributed by atoms with Crippen LogP contribution in [0.25, 0.3) is 0 Å². The van der Waals surface area contributed by atoms with E-state index in [4.69, 9.17) is 0 Å². The Kier molecular flexibility index (Phi) is 3.29. The van der Waals surface area contributed by atoms with Gasteiger partial charge in [-0.25, -0.2) is 0 Å². The lowest BCUT2D eigenvalue weighted by Gasteiger charge is -2.01. The van der Waals surface area contributed by atoms with E-state index in [1.165, 1.54) is 0 Å². The average Bonchev–Trinajstić information content (AvgIpc) is 2.05. The van der Waals surface area contributed by atoms with Gasteiger partial charge in [0, 0.05) is 10.0 Å². The summed E-state index contributed by atoms with van der Waals surface area (Å²) < 4.78 is 1.03. The van der Waals surface area contributed by atoms with Crippen LogP contribution in [-0.4, -0.2) is 12.8 Å². The van der Waals surface area contributed by atoms with Gasteiger partial charge in [0.2, 0.25) is 0 Å². The molecule has 1 rings (SSSR count). The molecule has 0 atom stereocenters. The zero-order valence-corrected chi connectivity index (χ0v) is 8.63. The number of rotatable bonds is 2. The topological polar surface area (TPSA) is 21.6 Å². The van der Waals surface area contributed by atoms with Crippen molar-refractivity contribution < 1.29 is 4.84 Å². The van der Waals surface area contributed by atoms with E-state index in [-0.39, 0.29) is 0 Å². The van der Waals surface area contributed by atoms with Crippen LogP contribution in [0, 0.1) is 0 Å². The van der Waals surface area contributed by atoms with Crippen LogP contribution in [0.15, 0.2) is 33.9 Å². The molecule has 1 aromatic rings. The SMILES string of the molecule is CON=C(C)c1ccccc1Br. The highest BCUT2D eigenvalue weighted by molar-refractivity contribution is 9.10. The third-order valence-corrected chi connectivity index (χ3v) is 2.18. The van der Waals surface area contributed by atoms with Gasteiger partial charge in [0.1, 0.15) is 7.11 Å². The van der Waals surface area contributed by atoms with E-state index >= 15 is 0 Å². The number of hydrogen-bond donors (Lipinski definition) is 0. The Morgan fingerprint density at radius 1 is 1.42 bits per heavy atom. The van der Waals surface area contributed by atoms with Crippen LogP contribution in [0.5, 0.6) is 0 Å². The van der Waals surface area contributed by atoms with Crippen LogP contribution < -0.4 is 0 Å². The van der Waals surface area contributed by atoms with Crippen LogP contribution in [0.1, 0.15) is 12.5 Å². The Balaban J connectivity index is 3.02. The van der Waals surface area contributed by atoms with Gasteiger partial charge in [-0.2, -0.15) is 0 Å². The van der Waals surface area contributed by atoms with Gasteiger partial charge >= 0.3 is 0 Å². The average molecular weight is 228 g/mol. The number of hydrogen-bond acceptors (Lipinski definition) is 2. The third kappa shape index (κ3) is 2.08. The van der Waals surface area contributed by atoms with Crippen molar-refractivity contribution in [3.05, 3.63) is 34.3 Å². The summed E-state index contributed by atoms with van der Waals surface area (Å²) in [5.74, 6) is 0. The minimum absolute atomic E-state index is 0.866. The molecule has 0 unspecified atom stereocenters. The van der Waals surface area contributed by atoms with Crippen LogP contribution in [0.4, 0.5) is 0 Å². The van der Waals surface area contributed by atoms with E-state index < -0.39 is 0 Å². The molecular weight excluding hydrogens is 218 g/mol. The molecule has 2 nitrogen and oxygen atoms in total. The second-order valence-corrected chi connectivity index (χ2v) is 3.19. The monoisotopic (exact) mass is 227 g/mol. The van der Waals surface area contributed by atoms with Crippen LogP contribution >= 0.6 is 15.9 Å². The largest absolute Gasteiger partial charge is 0.399 e. The Hall–Kier alpha value is -0.830. The summed E-state index contributed by atoms with van der Waals surface area (Å²) in [4.78, 5) is 4.68. The van der Waals surface area contributed by atoms with Gasteiger partial charge in [0.25, 0.3) is 0 Å². The van der Waals surface area contributed by atoms with Crippen LogP contribution in [0.2, 0.25) is 0 Å². The van der Waals surface area contributed by atoms with Gasteiger partial charge < -0.3 is 4.84 Å². The van der Waals surface area contributed by atoms with Gasteiger partial charge in [-0.05, 0) is 13.0 Å². The summed E-state index contributed by atoms with van der Waals surface area (Å²) in [5.41, 5.74) is 1.92. The maximum Gasteiger partial charge on any atom is 0.106 e.